The molecule has 0 saturated heterocycles. The molecule has 0 heterocycles. The van der Waals surface area contributed by atoms with Gasteiger partial charge in [0.05, 0.1) is 0 Å². The van der Waals surface area contributed by atoms with Crippen LogP contribution in [0.25, 0.3) is 0 Å². The van der Waals surface area contributed by atoms with Crippen LogP contribution in [0, 0.1) is 23.7 Å². The first-order valence-electron chi connectivity index (χ1n) is 4.41. The Morgan fingerprint density at radius 1 is 0.917 bits per heavy atom. The van der Waals surface area contributed by atoms with E-state index in [9.17, 15) is 0 Å². The summed E-state index contributed by atoms with van der Waals surface area (Å²) in [7, 11) is 0. The van der Waals surface area contributed by atoms with Gasteiger partial charge in [-0.05, 0) is 30.1 Å². The first-order valence-corrected chi connectivity index (χ1v) is 17.0. The predicted octanol–water partition coefficient (Wildman–Crippen LogP) is 1.71. The first-order chi connectivity index (χ1) is 5.54. The van der Waals surface area contributed by atoms with Crippen molar-refractivity contribution in [1.29, 1.82) is 0 Å². The van der Waals surface area contributed by atoms with Crippen LogP contribution in [0.4, 0.5) is 0 Å². The molecule has 1 rings (SSSR count). The molecule has 4 atom stereocenters. The average Bonchev–Trinajstić information content (AvgIpc) is 2.20. The third-order valence-corrected chi connectivity index (χ3v) is 3.37. The van der Waals surface area contributed by atoms with Gasteiger partial charge in [0.25, 0.3) is 0 Å². The molecule has 4 unspecified atom stereocenters. The van der Waals surface area contributed by atoms with Crippen LogP contribution in [0.15, 0.2) is 0 Å². The topological polar surface area (TPSA) is 0 Å². The van der Waals surface area contributed by atoms with Gasteiger partial charge in [0.1, 0.15) is 0 Å². The molecule has 0 N–H and O–H groups in total. The molecule has 76 valence electrons. The zero-order valence-corrected chi connectivity index (χ0v) is 14.6. The van der Waals surface area contributed by atoms with Crippen LogP contribution in [-0.2, 0) is 0 Å². The second kappa shape index (κ2) is 7.48. The molecule has 0 aromatic heterocycles. The number of hydrogen-bond acceptors (Lipinski definition) is 0. The van der Waals surface area contributed by atoms with Gasteiger partial charge >= 0.3 is 50.5 Å². The molecule has 0 spiro atoms. The molecule has 0 aromatic rings. The molecule has 1 fully saturated rings. The van der Waals surface area contributed by atoms with Crippen molar-refractivity contribution < 1.29 is 13.3 Å². The quantitative estimate of drug-likeness (QED) is 0.439. The van der Waals surface area contributed by atoms with Gasteiger partial charge in [-0.15, -0.1) is 0 Å². The Hall–Kier alpha value is 2.19. The minimum absolute atomic E-state index is 0.530. The van der Waals surface area contributed by atoms with E-state index in [0.717, 1.165) is 23.7 Å². The molecule has 3 heteroatoms. The summed E-state index contributed by atoms with van der Waals surface area (Å²) in [5.41, 5.74) is 0. The Bertz CT molecular complexity index is 104. The first kappa shape index (κ1) is 14.2. The van der Waals surface area contributed by atoms with E-state index in [0.29, 0.717) is 13.3 Å². The van der Waals surface area contributed by atoms with Crippen molar-refractivity contribution >= 4 is 37.2 Å². The molecule has 1 aliphatic rings. The van der Waals surface area contributed by atoms with E-state index >= 15 is 0 Å². The summed E-state index contributed by atoms with van der Waals surface area (Å²) in [5.74, 6) is 3.85. The summed E-state index contributed by atoms with van der Waals surface area (Å²) in [6.45, 7) is 9.53. The van der Waals surface area contributed by atoms with Crippen molar-refractivity contribution in [3.63, 3.8) is 0 Å². The van der Waals surface area contributed by atoms with Crippen molar-refractivity contribution in [1.82, 2.24) is 0 Å². The summed E-state index contributed by atoms with van der Waals surface area (Å²) >= 11 is 5.30. The molecule has 0 radical (unpaired) electrons. The normalized spacial score (nSPS) is 40.8. The van der Waals surface area contributed by atoms with E-state index in [4.69, 9.17) is 0 Å². The fourth-order valence-electron chi connectivity index (χ4n) is 2.05. The predicted molar refractivity (Wildman–Crippen MR) is 69.3 cm³/mol. The molecule has 0 bridgehead atoms. The zero-order chi connectivity index (χ0) is 9.72. The second-order valence-electron chi connectivity index (χ2n) is 3.96. The van der Waals surface area contributed by atoms with E-state index in [1.165, 1.54) is 6.42 Å². The summed E-state index contributed by atoms with van der Waals surface area (Å²) < 4.78 is 0. The number of halogens is 3. The zero-order valence-electron chi connectivity index (χ0n) is 8.15. The Kier molecular flexibility index (Phi) is 8.84. The van der Waals surface area contributed by atoms with Crippen molar-refractivity contribution in [2.24, 2.45) is 23.7 Å². The van der Waals surface area contributed by atoms with Crippen LogP contribution < -0.4 is 13.3 Å². The monoisotopic (exact) mass is 507 g/mol. The number of rotatable bonds is 0. The van der Waals surface area contributed by atoms with E-state index in [-0.39, 0.29) is 0 Å². The van der Waals surface area contributed by atoms with Crippen LogP contribution in [0.5, 0.6) is 0 Å². The SMILES string of the molecule is CC1CC(C)C(C)C1C.I[I-]I. The summed E-state index contributed by atoms with van der Waals surface area (Å²) in [5, 5.41) is 0. The van der Waals surface area contributed by atoms with Crippen molar-refractivity contribution in [2.45, 2.75) is 34.1 Å². The van der Waals surface area contributed by atoms with Crippen LogP contribution >= 0.6 is 37.2 Å². The van der Waals surface area contributed by atoms with Gasteiger partial charge in [-0.25, -0.2) is 0 Å². The van der Waals surface area contributed by atoms with Crippen LogP contribution in [0.3, 0.4) is 0 Å². The van der Waals surface area contributed by atoms with Gasteiger partial charge < -0.3 is 0 Å². The summed E-state index contributed by atoms with van der Waals surface area (Å²) in [6, 6.07) is 0. The molecule has 12 heavy (non-hydrogen) atoms. The number of hydrogen-bond donors (Lipinski definition) is 0. The molecule has 1 aliphatic carbocycles. The Morgan fingerprint density at radius 2 is 1.17 bits per heavy atom. The van der Waals surface area contributed by atoms with Gasteiger partial charge in [-0.1, -0.05) is 27.7 Å². The average molecular weight is 507 g/mol. The Morgan fingerprint density at radius 3 is 1.25 bits per heavy atom. The molecule has 0 amide bonds. The second-order valence-corrected chi connectivity index (χ2v) is 20.2. The fourth-order valence-corrected chi connectivity index (χ4v) is 2.05. The van der Waals surface area contributed by atoms with E-state index in [2.05, 4.69) is 64.9 Å². The van der Waals surface area contributed by atoms with E-state index < -0.39 is 0 Å². The van der Waals surface area contributed by atoms with Gasteiger partial charge in [0, 0.05) is 0 Å². The van der Waals surface area contributed by atoms with Crippen molar-refractivity contribution in [2.75, 3.05) is 0 Å². The van der Waals surface area contributed by atoms with Crippen molar-refractivity contribution in [3.05, 3.63) is 0 Å². The van der Waals surface area contributed by atoms with Gasteiger partial charge in [0.2, 0.25) is 0 Å². The molecular weight excluding hydrogens is 489 g/mol. The standard InChI is InChI=1S/C9H18.I3/c1-6-5-7(2)9(4)8(6)3;1-3-2/h6-9H,5H2,1-4H3;/q;-1. The van der Waals surface area contributed by atoms with Gasteiger partial charge in [0.15, 0.2) is 0 Å². The van der Waals surface area contributed by atoms with Crippen LogP contribution in [-0.4, -0.2) is 0 Å². The fraction of sp³-hybridized carbons (Fsp3) is 1.00. The molecule has 0 nitrogen and oxygen atoms in total. The van der Waals surface area contributed by atoms with E-state index in [1.807, 2.05) is 0 Å². The van der Waals surface area contributed by atoms with Crippen molar-refractivity contribution in [3.8, 4) is 0 Å². The minimum atomic E-state index is 0.530. The van der Waals surface area contributed by atoms with Gasteiger partial charge in [-0.2, -0.15) is 0 Å². The molecule has 0 aromatic carbocycles. The third kappa shape index (κ3) is 4.61. The Labute approximate surface area is 107 Å². The summed E-state index contributed by atoms with van der Waals surface area (Å²) in [6.07, 6.45) is 1.45. The van der Waals surface area contributed by atoms with Crippen LogP contribution in [0.2, 0.25) is 0 Å². The molecular formula is C9H18I3-. The molecule has 0 aliphatic heterocycles. The summed E-state index contributed by atoms with van der Waals surface area (Å²) in [4.78, 5) is 0. The third-order valence-electron chi connectivity index (χ3n) is 3.37. The van der Waals surface area contributed by atoms with Gasteiger partial charge in [-0.3, -0.25) is 0 Å². The van der Waals surface area contributed by atoms with E-state index in [1.54, 1.807) is 0 Å². The maximum atomic E-state index is 2.39. The van der Waals surface area contributed by atoms with Crippen LogP contribution in [0.1, 0.15) is 34.1 Å². The Balaban J connectivity index is 0.000000354. The molecule has 1 saturated carbocycles. The maximum absolute atomic E-state index is 2.39.